The Hall–Kier alpha value is -2.56. The molecule has 1 aromatic heterocycles. The van der Waals surface area contributed by atoms with Crippen molar-refractivity contribution in [2.24, 2.45) is 0 Å². The van der Waals surface area contributed by atoms with Crippen molar-refractivity contribution in [3.63, 3.8) is 0 Å². The summed E-state index contributed by atoms with van der Waals surface area (Å²) in [6.07, 6.45) is 1.49. The zero-order chi connectivity index (χ0) is 21.3. The maximum absolute atomic E-state index is 13.3. The second-order valence-electron chi connectivity index (χ2n) is 6.58. The van der Waals surface area contributed by atoms with Gasteiger partial charge in [-0.15, -0.1) is 4.31 Å². The van der Waals surface area contributed by atoms with Crippen LogP contribution in [0, 0.1) is 0 Å². The van der Waals surface area contributed by atoms with Gasteiger partial charge in [0.05, 0.1) is 60.6 Å². The third kappa shape index (κ3) is 4.03. The van der Waals surface area contributed by atoms with Gasteiger partial charge >= 0.3 is 5.97 Å². The molecule has 2 aromatic carbocycles. The Bertz CT molecular complexity index is 1110. The number of hydrogen-bond acceptors (Lipinski definition) is 7. The molecule has 3 N–H and O–H groups in total. The van der Waals surface area contributed by atoms with E-state index in [2.05, 4.69) is 10.3 Å². The monoisotopic (exact) mass is 447 g/mol. The maximum atomic E-state index is 13.3. The van der Waals surface area contributed by atoms with Crippen molar-refractivity contribution in [1.29, 1.82) is 0 Å². The SMILES string of the molecule is O=C(O)c1cccc(O)c1Nc1c([S+]([O-])N2CCOCC2)cnc2ccc(Cl)cc12. The molecule has 10 heteroatoms. The third-order valence-corrected chi connectivity index (χ3v) is 6.47. The highest BCUT2D eigenvalue weighted by atomic mass is 35.5. The van der Waals surface area contributed by atoms with Crippen molar-refractivity contribution in [1.82, 2.24) is 9.29 Å². The first-order chi connectivity index (χ1) is 14.5. The number of nitrogens with zero attached hydrogens (tertiary/aromatic N) is 2. The number of carbonyl (C=O) groups is 1. The molecule has 1 atom stereocenters. The number of ether oxygens (including phenoxy) is 1. The molecule has 1 aliphatic rings. The van der Waals surface area contributed by atoms with E-state index in [1.54, 1.807) is 22.5 Å². The number of nitrogens with one attached hydrogen (secondary N) is 1. The molecule has 30 heavy (non-hydrogen) atoms. The number of benzene rings is 2. The molecule has 0 spiro atoms. The van der Waals surface area contributed by atoms with Gasteiger partial charge in [-0.05, 0) is 30.3 Å². The van der Waals surface area contributed by atoms with E-state index in [1.807, 2.05) is 0 Å². The number of halogens is 1. The van der Waals surface area contributed by atoms with E-state index >= 15 is 0 Å². The van der Waals surface area contributed by atoms with Crippen LogP contribution in [0.2, 0.25) is 5.02 Å². The number of aromatic hydroxyl groups is 1. The van der Waals surface area contributed by atoms with Gasteiger partial charge in [0, 0.05) is 10.4 Å². The number of anilines is 2. The van der Waals surface area contributed by atoms with Crippen molar-refractivity contribution in [3.05, 3.63) is 53.2 Å². The first kappa shape index (κ1) is 20.7. The lowest BCUT2D eigenvalue weighted by molar-refractivity contribution is 0.0697. The first-order valence-electron chi connectivity index (χ1n) is 9.11. The van der Waals surface area contributed by atoms with Gasteiger partial charge in [0.2, 0.25) is 4.90 Å². The number of phenols is 1. The Balaban J connectivity index is 1.88. The number of hydrogen-bond donors (Lipinski definition) is 3. The fraction of sp³-hybridized carbons (Fsp3) is 0.200. The number of para-hydroxylation sites is 1. The summed E-state index contributed by atoms with van der Waals surface area (Å²) in [6.45, 7) is 1.89. The van der Waals surface area contributed by atoms with Crippen molar-refractivity contribution in [2.75, 3.05) is 31.6 Å². The normalized spacial score (nSPS) is 15.8. The molecule has 3 aromatic rings. The largest absolute Gasteiger partial charge is 0.593 e. The lowest BCUT2D eigenvalue weighted by Crippen LogP contribution is -2.40. The van der Waals surface area contributed by atoms with Crippen LogP contribution in [0.15, 0.2) is 47.5 Å². The van der Waals surface area contributed by atoms with Crippen LogP contribution >= 0.6 is 11.6 Å². The van der Waals surface area contributed by atoms with Gasteiger partial charge in [0.25, 0.3) is 0 Å². The Morgan fingerprint density at radius 2 is 2.00 bits per heavy atom. The number of fused-ring (bicyclic) bond motifs is 1. The van der Waals surface area contributed by atoms with E-state index in [0.717, 1.165) is 0 Å². The summed E-state index contributed by atoms with van der Waals surface area (Å²) in [5, 5.41) is 23.9. The molecule has 1 fully saturated rings. The molecule has 0 bridgehead atoms. The molecule has 156 valence electrons. The summed E-state index contributed by atoms with van der Waals surface area (Å²) in [6, 6.07) is 9.25. The number of morpholine rings is 1. The van der Waals surface area contributed by atoms with Gasteiger partial charge in [-0.1, -0.05) is 17.7 Å². The number of aromatic carboxylic acids is 1. The van der Waals surface area contributed by atoms with Crippen LogP contribution in [-0.4, -0.2) is 56.3 Å². The predicted molar refractivity (Wildman–Crippen MR) is 114 cm³/mol. The fourth-order valence-corrected chi connectivity index (χ4v) is 4.64. The number of aromatic nitrogens is 1. The van der Waals surface area contributed by atoms with Gasteiger partial charge in [-0.2, -0.15) is 0 Å². The lowest BCUT2D eigenvalue weighted by Gasteiger charge is -2.28. The topological polar surface area (TPSA) is 118 Å². The highest BCUT2D eigenvalue weighted by Crippen LogP contribution is 2.38. The first-order valence-corrected chi connectivity index (χ1v) is 10.6. The Kier molecular flexibility index (Phi) is 5.98. The molecule has 8 nitrogen and oxygen atoms in total. The van der Waals surface area contributed by atoms with Gasteiger partial charge in [-0.3, -0.25) is 4.98 Å². The smallest absolute Gasteiger partial charge is 0.337 e. The summed E-state index contributed by atoms with van der Waals surface area (Å²) in [5.41, 5.74) is 0.830. The predicted octanol–water partition coefficient (Wildman–Crippen LogP) is 3.39. The van der Waals surface area contributed by atoms with Gasteiger partial charge in [0.1, 0.15) is 11.4 Å². The fourth-order valence-electron chi connectivity index (χ4n) is 3.23. The van der Waals surface area contributed by atoms with Gasteiger partial charge in [-0.25, -0.2) is 4.79 Å². The molecule has 1 aliphatic heterocycles. The van der Waals surface area contributed by atoms with Crippen LogP contribution in [0.4, 0.5) is 11.4 Å². The van der Waals surface area contributed by atoms with Crippen LogP contribution in [0.25, 0.3) is 10.9 Å². The van der Waals surface area contributed by atoms with Crippen molar-refractivity contribution < 1.29 is 24.3 Å². The zero-order valence-electron chi connectivity index (χ0n) is 15.7. The summed E-state index contributed by atoms with van der Waals surface area (Å²) in [4.78, 5) is 16.4. The molecule has 0 aliphatic carbocycles. The number of rotatable bonds is 5. The summed E-state index contributed by atoms with van der Waals surface area (Å²) < 4.78 is 20.4. The average Bonchev–Trinajstić information content (AvgIpc) is 2.75. The van der Waals surface area contributed by atoms with Crippen LogP contribution < -0.4 is 5.32 Å². The summed E-state index contributed by atoms with van der Waals surface area (Å²) in [7, 11) is 0. The highest BCUT2D eigenvalue weighted by molar-refractivity contribution is 7.89. The van der Waals surface area contributed by atoms with Crippen LogP contribution in [0.1, 0.15) is 10.4 Å². The van der Waals surface area contributed by atoms with E-state index < -0.39 is 17.3 Å². The molecular formula is C20H18ClN3O5S. The Morgan fingerprint density at radius 1 is 1.23 bits per heavy atom. The maximum Gasteiger partial charge on any atom is 0.337 e. The molecule has 1 unspecified atom stereocenters. The van der Waals surface area contributed by atoms with Crippen LogP contribution in [0.5, 0.6) is 5.75 Å². The highest BCUT2D eigenvalue weighted by Gasteiger charge is 2.30. The van der Waals surface area contributed by atoms with E-state index in [9.17, 15) is 19.6 Å². The van der Waals surface area contributed by atoms with Gasteiger partial charge < -0.3 is 24.8 Å². The zero-order valence-corrected chi connectivity index (χ0v) is 17.2. The molecule has 1 saturated heterocycles. The molecule has 0 amide bonds. The number of carboxylic acids is 1. The second kappa shape index (κ2) is 8.66. The lowest BCUT2D eigenvalue weighted by atomic mass is 10.1. The Labute approximate surface area is 180 Å². The van der Waals surface area contributed by atoms with E-state index in [4.69, 9.17) is 16.3 Å². The Morgan fingerprint density at radius 3 is 2.73 bits per heavy atom. The van der Waals surface area contributed by atoms with Gasteiger partial charge in [0.15, 0.2) is 0 Å². The average molecular weight is 448 g/mol. The van der Waals surface area contributed by atoms with Crippen molar-refractivity contribution in [2.45, 2.75) is 4.90 Å². The number of carboxylic acid groups (broad SMARTS) is 1. The van der Waals surface area contributed by atoms with E-state index in [0.29, 0.717) is 52.8 Å². The van der Waals surface area contributed by atoms with Crippen molar-refractivity contribution in [3.8, 4) is 5.75 Å². The standard InChI is InChI=1S/C20H18ClN3O5S/c21-12-4-5-15-14(10-12)19(23-18-13(20(26)27)2-1-3-16(18)25)17(11-22-15)30(28)24-6-8-29-9-7-24/h1-5,10-11,25H,6-9H2,(H,22,23)(H,26,27). The number of pyridine rings is 1. The quantitative estimate of drug-likeness (QED) is 0.402. The van der Waals surface area contributed by atoms with E-state index in [1.165, 1.54) is 24.4 Å². The minimum atomic E-state index is -1.59. The van der Waals surface area contributed by atoms with E-state index in [-0.39, 0.29) is 17.0 Å². The minimum Gasteiger partial charge on any atom is -0.593 e. The number of phenolic OH excluding ortho intramolecular Hbond substituents is 1. The minimum absolute atomic E-state index is 0.00213. The molecule has 4 rings (SSSR count). The molecule has 0 saturated carbocycles. The summed E-state index contributed by atoms with van der Waals surface area (Å²) >= 11 is 4.60. The summed E-state index contributed by atoms with van der Waals surface area (Å²) in [5.74, 6) is -1.45. The molecular weight excluding hydrogens is 430 g/mol. The van der Waals surface area contributed by atoms with Crippen LogP contribution in [-0.2, 0) is 16.1 Å². The van der Waals surface area contributed by atoms with Crippen molar-refractivity contribution >= 4 is 51.2 Å². The third-order valence-electron chi connectivity index (χ3n) is 4.71. The molecule has 2 heterocycles. The second-order valence-corrected chi connectivity index (χ2v) is 8.47. The molecule has 0 radical (unpaired) electrons. The van der Waals surface area contributed by atoms with Crippen LogP contribution in [0.3, 0.4) is 0 Å².